The molecule has 17 heavy (non-hydrogen) atoms. The number of nitrogens with zero attached hydrogens (tertiary/aromatic N) is 2. The molecule has 5 nitrogen and oxygen atoms in total. The Bertz CT molecular complexity index is 359. The monoisotopic (exact) mass is 238 g/mol. The average molecular weight is 238 g/mol. The van der Waals surface area contributed by atoms with Gasteiger partial charge in [0, 0.05) is 31.9 Å². The number of amides is 1. The van der Waals surface area contributed by atoms with Gasteiger partial charge in [-0.25, -0.2) is 0 Å². The lowest BCUT2D eigenvalue weighted by Crippen LogP contribution is -2.42. The number of carbonyl (C=O) groups is 1. The van der Waals surface area contributed by atoms with Gasteiger partial charge in [0.25, 0.3) is 0 Å². The molecule has 1 amide bonds. The number of aryl methyl sites for hydroxylation is 1. The largest absolute Gasteiger partial charge is 0.354 e. The lowest BCUT2D eigenvalue weighted by Gasteiger charge is -2.14. The summed E-state index contributed by atoms with van der Waals surface area (Å²) in [5.41, 5.74) is 6.88. The zero-order valence-electron chi connectivity index (χ0n) is 10.8. The fourth-order valence-corrected chi connectivity index (χ4v) is 1.71. The summed E-state index contributed by atoms with van der Waals surface area (Å²) in [7, 11) is 1.89. The van der Waals surface area contributed by atoms with Gasteiger partial charge in [-0.3, -0.25) is 9.48 Å². The molecule has 0 saturated carbocycles. The maximum absolute atomic E-state index is 11.6. The van der Waals surface area contributed by atoms with Crippen molar-refractivity contribution in [2.24, 2.45) is 18.7 Å². The van der Waals surface area contributed by atoms with Crippen molar-refractivity contribution in [2.45, 2.75) is 32.7 Å². The molecule has 0 saturated heterocycles. The van der Waals surface area contributed by atoms with E-state index in [-0.39, 0.29) is 5.91 Å². The van der Waals surface area contributed by atoms with E-state index in [4.69, 9.17) is 5.73 Å². The van der Waals surface area contributed by atoms with Gasteiger partial charge in [-0.05, 0) is 18.4 Å². The van der Waals surface area contributed by atoms with E-state index >= 15 is 0 Å². The number of rotatable bonds is 6. The molecule has 0 bridgehead atoms. The molecule has 0 unspecified atom stereocenters. The highest BCUT2D eigenvalue weighted by atomic mass is 16.2. The fourth-order valence-electron chi connectivity index (χ4n) is 1.71. The van der Waals surface area contributed by atoms with Gasteiger partial charge in [-0.15, -0.1) is 0 Å². The van der Waals surface area contributed by atoms with Crippen LogP contribution in [-0.2, 0) is 18.3 Å². The van der Waals surface area contributed by atoms with Crippen LogP contribution in [0.2, 0.25) is 0 Å². The van der Waals surface area contributed by atoms with Crippen molar-refractivity contribution in [2.75, 3.05) is 6.54 Å². The zero-order chi connectivity index (χ0) is 12.8. The molecule has 1 atom stereocenters. The quantitative estimate of drug-likeness (QED) is 0.756. The first-order chi connectivity index (χ1) is 8.00. The lowest BCUT2D eigenvalue weighted by atomic mass is 10.0. The van der Waals surface area contributed by atoms with Crippen LogP contribution in [-0.4, -0.2) is 28.3 Å². The predicted molar refractivity (Wildman–Crippen MR) is 67.4 cm³/mol. The molecule has 0 aliphatic carbocycles. The normalized spacial score (nSPS) is 12.8. The Morgan fingerprint density at radius 2 is 2.29 bits per heavy atom. The summed E-state index contributed by atoms with van der Waals surface area (Å²) in [5.74, 6) is 0.369. The standard InChI is InChI=1S/C12H22N4O/c1-9(2)8-11(13)12(17)14-6-4-10-5-7-15-16(10)3/h5,7,9,11H,4,6,8,13H2,1-3H3,(H,14,17)/t11-/m0/s1. The van der Waals surface area contributed by atoms with E-state index in [0.29, 0.717) is 12.5 Å². The SMILES string of the molecule is CC(C)C[C@H](N)C(=O)NCCc1ccnn1C. The molecule has 1 rings (SSSR count). The van der Waals surface area contributed by atoms with Crippen molar-refractivity contribution in [1.29, 1.82) is 0 Å². The van der Waals surface area contributed by atoms with Crippen molar-refractivity contribution in [3.05, 3.63) is 18.0 Å². The molecule has 3 N–H and O–H groups in total. The Kier molecular flexibility index (Phi) is 5.15. The molecule has 0 fully saturated rings. The van der Waals surface area contributed by atoms with Crippen LogP contribution in [0.25, 0.3) is 0 Å². The van der Waals surface area contributed by atoms with Gasteiger partial charge in [0.15, 0.2) is 0 Å². The molecule has 1 heterocycles. The van der Waals surface area contributed by atoms with Crippen LogP contribution >= 0.6 is 0 Å². The Morgan fingerprint density at radius 3 is 2.82 bits per heavy atom. The van der Waals surface area contributed by atoms with E-state index in [2.05, 4.69) is 24.3 Å². The van der Waals surface area contributed by atoms with E-state index < -0.39 is 6.04 Å². The number of nitrogens with one attached hydrogen (secondary N) is 1. The maximum Gasteiger partial charge on any atom is 0.236 e. The van der Waals surface area contributed by atoms with Crippen LogP contribution in [0.4, 0.5) is 0 Å². The Balaban J connectivity index is 2.27. The minimum Gasteiger partial charge on any atom is -0.354 e. The summed E-state index contributed by atoms with van der Waals surface area (Å²) < 4.78 is 1.81. The van der Waals surface area contributed by atoms with E-state index in [1.54, 1.807) is 10.9 Å². The van der Waals surface area contributed by atoms with E-state index in [1.807, 2.05) is 13.1 Å². The number of hydrogen-bond donors (Lipinski definition) is 2. The Morgan fingerprint density at radius 1 is 1.59 bits per heavy atom. The molecule has 96 valence electrons. The van der Waals surface area contributed by atoms with Crippen molar-refractivity contribution in [3.8, 4) is 0 Å². The van der Waals surface area contributed by atoms with Crippen LogP contribution in [0.3, 0.4) is 0 Å². The van der Waals surface area contributed by atoms with Gasteiger partial charge in [-0.2, -0.15) is 5.10 Å². The summed E-state index contributed by atoms with van der Waals surface area (Å²) in [6.45, 7) is 4.72. The van der Waals surface area contributed by atoms with Crippen molar-refractivity contribution in [3.63, 3.8) is 0 Å². The molecule has 5 heteroatoms. The van der Waals surface area contributed by atoms with E-state index in [1.165, 1.54) is 0 Å². The number of nitrogens with two attached hydrogens (primary N) is 1. The Labute approximate surface area is 102 Å². The van der Waals surface area contributed by atoms with Gasteiger partial charge >= 0.3 is 0 Å². The molecule has 0 radical (unpaired) electrons. The van der Waals surface area contributed by atoms with Gasteiger partial charge in [-0.1, -0.05) is 13.8 Å². The smallest absolute Gasteiger partial charge is 0.236 e. The zero-order valence-corrected chi connectivity index (χ0v) is 10.8. The first-order valence-electron chi connectivity index (χ1n) is 6.01. The third kappa shape index (κ3) is 4.56. The highest BCUT2D eigenvalue weighted by molar-refractivity contribution is 5.81. The van der Waals surface area contributed by atoms with Crippen molar-refractivity contribution >= 4 is 5.91 Å². The van der Waals surface area contributed by atoms with Gasteiger partial charge in [0.2, 0.25) is 5.91 Å². The molecule has 0 aliphatic rings. The van der Waals surface area contributed by atoms with Gasteiger partial charge in [0.1, 0.15) is 0 Å². The molecule has 1 aromatic heterocycles. The number of hydrogen-bond acceptors (Lipinski definition) is 3. The third-order valence-corrected chi connectivity index (χ3v) is 2.66. The fraction of sp³-hybridized carbons (Fsp3) is 0.667. The summed E-state index contributed by atoms with van der Waals surface area (Å²) in [4.78, 5) is 11.6. The van der Waals surface area contributed by atoms with Gasteiger partial charge in [0.05, 0.1) is 6.04 Å². The second kappa shape index (κ2) is 6.39. The second-order valence-electron chi connectivity index (χ2n) is 4.72. The van der Waals surface area contributed by atoms with Crippen LogP contribution in [0.5, 0.6) is 0 Å². The number of carbonyl (C=O) groups excluding carboxylic acids is 1. The van der Waals surface area contributed by atoms with E-state index in [9.17, 15) is 4.79 Å². The van der Waals surface area contributed by atoms with Crippen LogP contribution < -0.4 is 11.1 Å². The highest BCUT2D eigenvalue weighted by Crippen LogP contribution is 2.02. The predicted octanol–water partition coefficient (Wildman–Crippen LogP) is 0.452. The third-order valence-electron chi connectivity index (χ3n) is 2.66. The highest BCUT2D eigenvalue weighted by Gasteiger charge is 2.14. The van der Waals surface area contributed by atoms with E-state index in [0.717, 1.165) is 18.5 Å². The minimum absolute atomic E-state index is 0.0686. The second-order valence-corrected chi connectivity index (χ2v) is 4.72. The lowest BCUT2D eigenvalue weighted by molar-refractivity contribution is -0.122. The summed E-state index contributed by atoms with van der Waals surface area (Å²) in [6.07, 6.45) is 3.25. The van der Waals surface area contributed by atoms with Gasteiger partial charge < -0.3 is 11.1 Å². The van der Waals surface area contributed by atoms with Crippen LogP contribution in [0.1, 0.15) is 26.0 Å². The van der Waals surface area contributed by atoms with Crippen LogP contribution in [0, 0.1) is 5.92 Å². The summed E-state index contributed by atoms with van der Waals surface area (Å²) in [5, 5.41) is 6.92. The summed E-state index contributed by atoms with van der Waals surface area (Å²) in [6, 6.07) is 1.54. The first kappa shape index (κ1) is 13.7. The molecule has 0 aliphatic heterocycles. The molecule has 0 spiro atoms. The van der Waals surface area contributed by atoms with Crippen LogP contribution in [0.15, 0.2) is 12.3 Å². The van der Waals surface area contributed by atoms with Crippen molar-refractivity contribution in [1.82, 2.24) is 15.1 Å². The minimum atomic E-state index is -0.401. The average Bonchev–Trinajstić information content (AvgIpc) is 2.63. The summed E-state index contributed by atoms with van der Waals surface area (Å²) >= 11 is 0. The van der Waals surface area contributed by atoms with Crippen molar-refractivity contribution < 1.29 is 4.79 Å². The maximum atomic E-state index is 11.6. The Hall–Kier alpha value is -1.36. The first-order valence-corrected chi connectivity index (χ1v) is 6.01. The molecular weight excluding hydrogens is 216 g/mol. The molecular formula is C12H22N4O. The molecule has 0 aromatic carbocycles. The number of aromatic nitrogens is 2. The topological polar surface area (TPSA) is 72.9 Å². The molecule has 1 aromatic rings.